The summed E-state index contributed by atoms with van der Waals surface area (Å²) >= 11 is 0. The minimum atomic E-state index is 0.448. The molecule has 1 radical (unpaired) electrons. The highest BCUT2D eigenvalue weighted by molar-refractivity contribution is 6.53. The molecule has 69 valence electrons. The first-order valence-corrected chi connectivity index (χ1v) is 5.38. The SMILES string of the molecule is CCC(N)CCCC1[B]C1CC. The maximum Gasteiger partial charge on any atom is 0.116 e. The van der Waals surface area contributed by atoms with E-state index in [1.54, 1.807) is 0 Å². The van der Waals surface area contributed by atoms with Crippen LogP contribution in [0.3, 0.4) is 0 Å². The number of hydrogen-bond acceptors (Lipinski definition) is 1. The molecule has 1 aliphatic heterocycles. The van der Waals surface area contributed by atoms with Crippen LogP contribution in [0, 0.1) is 0 Å². The fourth-order valence-corrected chi connectivity index (χ4v) is 1.82. The molecule has 0 aromatic heterocycles. The van der Waals surface area contributed by atoms with E-state index in [4.69, 9.17) is 5.73 Å². The smallest absolute Gasteiger partial charge is 0.116 e. The summed E-state index contributed by atoms with van der Waals surface area (Å²) in [4.78, 5) is 0. The Kier molecular flexibility index (Phi) is 4.13. The average Bonchev–Trinajstić information content (AvgIpc) is 2.83. The van der Waals surface area contributed by atoms with Gasteiger partial charge in [-0.3, -0.25) is 0 Å². The van der Waals surface area contributed by atoms with Gasteiger partial charge in [-0.05, 0) is 12.8 Å². The Morgan fingerprint density at radius 1 is 1.33 bits per heavy atom. The highest BCUT2D eigenvalue weighted by Gasteiger charge is 2.35. The zero-order chi connectivity index (χ0) is 8.97. The lowest BCUT2D eigenvalue weighted by Crippen LogP contribution is -2.17. The van der Waals surface area contributed by atoms with E-state index in [9.17, 15) is 0 Å². The standard InChI is InChI=1S/C10H21BN/c1-3-8(12)6-5-7-10-9(4-2)11-10/h8-10H,3-7,12H2,1-2H3. The van der Waals surface area contributed by atoms with Crippen molar-refractivity contribution in [3.05, 3.63) is 0 Å². The highest BCUT2D eigenvalue weighted by atomic mass is 14.6. The number of rotatable bonds is 6. The molecule has 0 aliphatic carbocycles. The van der Waals surface area contributed by atoms with Crippen molar-refractivity contribution in [2.75, 3.05) is 0 Å². The second kappa shape index (κ2) is 4.91. The van der Waals surface area contributed by atoms with Gasteiger partial charge in [0.2, 0.25) is 0 Å². The molecule has 1 heterocycles. The molecule has 0 bridgehead atoms. The second-order valence-electron chi connectivity index (χ2n) is 4.03. The van der Waals surface area contributed by atoms with E-state index in [1.807, 2.05) is 0 Å². The Balaban J connectivity index is 1.90. The first-order valence-electron chi connectivity index (χ1n) is 5.38. The van der Waals surface area contributed by atoms with Crippen LogP contribution in [0.25, 0.3) is 0 Å². The van der Waals surface area contributed by atoms with Crippen LogP contribution >= 0.6 is 0 Å². The van der Waals surface area contributed by atoms with E-state index >= 15 is 0 Å². The minimum Gasteiger partial charge on any atom is -0.328 e. The molecular formula is C10H21BN. The molecule has 1 saturated heterocycles. The van der Waals surface area contributed by atoms with E-state index in [-0.39, 0.29) is 0 Å². The van der Waals surface area contributed by atoms with Crippen LogP contribution in [0.4, 0.5) is 0 Å². The van der Waals surface area contributed by atoms with Gasteiger partial charge in [0.25, 0.3) is 0 Å². The maximum absolute atomic E-state index is 5.84. The maximum atomic E-state index is 5.84. The van der Waals surface area contributed by atoms with Gasteiger partial charge >= 0.3 is 0 Å². The Morgan fingerprint density at radius 3 is 2.58 bits per heavy atom. The third-order valence-electron chi connectivity index (χ3n) is 3.01. The zero-order valence-corrected chi connectivity index (χ0v) is 8.42. The van der Waals surface area contributed by atoms with Gasteiger partial charge in [0.15, 0.2) is 0 Å². The fraction of sp³-hybridized carbons (Fsp3) is 1.00. The van der Waals surface area contributed by atoms with E-state index in [0.29, 0.717) is 6.04 Å². The van der Waals surface area contributed by atoms with Crippen LogP contribution in [0.2, 0.25) is 11.6 Å². The molecule has 0 saturated carbocycles. The predicted molar refractivity (Wildman–Crippen MR) is 55.7 cm³/mol. The first-order chi connectivity index (χ1) is 5.77. The summed E-state index contributed by atoms with van der Waals surface area (Å²) in [5, 5.41) is 0. The van der Waals surface area contributed by atoms with Crippen molar-refractivity contribution in [2.45, 2.75) is 63.6 Å². The molecule has 12 heavy (non-hydrogen) atoms. The molecule has 0 aromatic carbocycles. The Bertz CT molecular complexity index is 127. The van der Waals surface area contributed by atoms with Crippen molar-refractivity contribution in [1.82, 2.24) is 0 Å². The van der Waals surface area contributed by atoms with Crippen molar-refractivity contribution in [3.63, 3.8) is 0 Å². The monoisotopic (exact) mass is 166 g/mol. The summed E-state index contributed by atoms with van der Waals surface area (Å²) < 4.78 is 0. The van der Waals surface area contributed by atoms with Crippen molar-refractivity contribution >= 4 is 7.28 Å². The van der Waals surface area contributed by atoms with Gasteiger partial charge in [-0.25, -0.2) is 0 Å². The molecule has 3 unspecified atom stereocenters. The lowest BCUT2D eigenvalue weighted by atomic mass is 9.95. The van der Waals surface area contributed by atoms with Crippen molar-refractivity contribution < 1.29 is 0 Å². The van der Waals surface area contributed by atoms with E-state index in [0.717, 1.165) is 18.1 Å². The molecule has 1 nitrogen and oxygen atoms in total. The van der Waals surface area contributed by atoms with Crippen LogP contribution in [0.15, 0.2) is 0 Å². The number of hydrogen-bond donors (Lipinski definition) is 1. The number of nitrogens with two attached hydrogens (primary N) is 1. The highest BCUT2D eigenvalue weighted by Crippen LogP contribution is 2.47. The van der Waals surface area contributed by atoms with E-state index in [2.05, 4.69) is 21.1 Å². The largest absolute Gasteiger partial charge is 0.328 e. The van der Waals surface area contributed by atoms with Crippen LogP contribution < -0.4 is 5.73 Å². The Morgan fingerprint density at radius 2 is 2.08 bits per heavy atom. The van der Waals surface area contributed by atoms with Crippen LogP contribution in [0.5, 0.6) is 0 Å². The molecule has 0 amide bonds. The topological polar surface area (TPSA) is 26.0 Å². The Hall–Kier alpha value is 0.0249. The summed E-state index contributed by atoms with van der Waals surface area (Å²) in [5.41, 5.74) is 5.84. The minimum absolute atomic E-state index is 0.448. The summed E-state index contributed by atoms with van der Waals surface area (Å²) in [6.45, 7) is 4.45. The summed E-state index contributed by atoms with van der Waals surface area (Å²) in [6, 6.07) is 0.448. The van der Waals surface area contributed by atoms with Crippen LogP contribution in [0.1, 0.15) is 46.0 Å². The van der Waals surface area contributed by atoms with Crippen molar-refractivity contribution in [2.24, 2.45) is 5.73 Å². The molecule has 3 atom stereocenters. The van der Waals surface area contributed by atoms with Gasteiger partial charge < -0.3 is 5.73 Å². The van der Waals surface area contributed by atoms with E-state index in [1.165, 1.54) is 25.7 Å². The molecule has 2 N–H and O–H groups in total. The van der Waals surface area contributed by atoms with Gasteiger partial charge in [0, 0.05) is 6.04 Å². The molecule has 0 aromatic rings. The molecule has 1 aliphatic rings. The fourth-order valence-electron chi connectivity index (χ4n) is 1.82. The van der Waals surface area contributed by atoms with Gasteiger partial charge in [-0.1, -0.05) is 44.7 Å². The van der Waals surface area contributed by atoms with Crippen LogP contribution in [-0.4, -0.2) is 13.3 Å². The van der Waals surface area contributed by atoms with Gasteiger partial charge in [0.1, 0.15) is 7.28 Å². The summed E-state index contributed by atoms with van der Waals surface area (Å²) in [7, 11) is 2.48. The summed E-state index contributed by atoms with van der Waals surface area (Å²) in [5.74, 6) is 1.89. The quantitative estimate of drug-likeness (QED) is 0.603. The van der Waals surface area contributed by atoms with Gasteiger partial charge in [0.05, 0.1) is 0 Å². The lowest BCUT2D eigenvalue weighted by Gasteiger charge is -2.07. The second-order valence-corrected chi connectivity index (χ2v) is 4.03. The van der Waals surface area contributed by atoms with Crippen molar-refractivity contribution in [1.29, 1.82) is 0 Å². The first kappa shape index (κ1) is 10.1. The van der Waals surface area contributed by atoms with Gasteiger partial charge in [-0.15, -0.1) is 0 Å². The third-order valence-corrected chi connectivity index (χ3v) is 3.01. The molecular weight excluding hydrogens is 145 g/mol. The average molecular weight is 166 g/mol. The molecule has 1 fully saturated rings. The summed E-state index contributed by atoms with van der Waals surface area (Å²) in [6.07, 6.45) is 6.40. The van der Waals surface area contributed by atoms with Crippen LogP contribution in [-0.2, 0) is 0 Å². The zero-order valence-electron chi connectivity index (χ0n) is 8.42. The molecule has 0 spiro atoms. The predicted octanol–water partition coefficient (Wildman–Crippen LogP) is 2.60. The Labute approximate surface area is 77.3 Å². The van der Waals surface area contributed by atoms with Crippen molar-refractivity contribution in [3.8, 4) is 0 Å². The normalized spacial score (nSPS) is 29.6. The van der Waals surface area contributed by atoms with E-state index < -0.39 is 0 Å². The third kappa shape index (κ3) is 3.18. The molecule has 1 rings (SSSR count). The lowest BCUT2D eigenvalue weighted by molar-refractivity contribution is 0.547. The van der Waals surface area contributed by atoms with Gasteiger partial charge in [-0.2, -0.15) is 0 Å². The molecule has 2 heteroatoms.